The zero-order chi connectivity index (χ0) is 13.1. The standard InChI is InChI=1S/C14H26N2O2/c1-18-8-7-13(5-6-13)11-16-12(17)9-14(10-15)3-2-4-14/h2-11,15H2,1H3,(H,16,17). The number of carbonyl (C=O) groups is 1. The summed E-state index contributed by atoms with van der Waals surface area (Å²) in [5.41, 5.74) is 6.23. The number of hydrogen-bond donors (Lipinski definition) is 2. The first kappa shape index (κ1) is 13.8. The number of ether oxygens (including phenoxy) is 1. The highest BCUT2D eigenvalue weighted by atomic mass is 16.5. The molecule has 0 aromatic rings. The molecule has 0 heterocycles. The van der Waals surface area contributed by atoms with Crippen LogP contribution in [0.2, 0.25) is 0 Å². The maximum Gasteiger partial charge on any atom is 0.220 e. The summed E-state index contributed by atoms with van der Waals surface area (Å²) in [5.74, 6) is 0.184. The van der Waals surface area contributed by atoms with Crippen molar-refractivity contribution >= 4 is 5.91 Å². The van der Waals surface area contributed by atoms with Crippen molar-refractivity contribution in [3.05, 3.63) is 0 Å². The second kappa shape index (κ2) is 5.57. The fourth-order valence-electron chi connectivity index (χ4n) is 2.83. The minimum absolute atomic E-state index is 0.118. The Morgan fingerprint density at radius 2 is 2.00 bits per heavy atom. The lowest BCUT2D eigenvalue weighted by molar-refractivity contribution is -0.125. The fraction of sp³-hybridized carbons (Fsp3) is 0.929. The minimum Gasteiger partial charge on any atom is -0.385 e. The van der Waals surface area contributed by atoms with Gasteiger partial charge in [-0.1, -0.05) is 6.42 Å². The molecule has 0 aliphatic heterocycles. The van der Waals surface area contributed by atoms with E-state index in [1.165, 1.54) is 19.3 Å². The molecule has 3 N–H and O–H groups in total. The van der Waals surface area contributed by atoms with Crippen molar-refractivity contribution in [2.45, 2.75) is 44.9 Å². The number of rotatable bonds is 8. The molecule has 0 aromatic carbocycles. The highest BCUT2D eigenvalue weighted by molar-refractivity contribution is 5.77. The Labute approximate surface area is 110 Å². The van der Waals surface area contributed by atoms with Gasteiger partial charge in [0, 0.05) is 26.7 Å². The number of hydrogen-bond acceptors (Lipinski definition) is 3. The maximum atomic E-state index is 12.0. The number of carbonyl (C=O) groups excluding carboxylic acids is 1. The first-order valence-electron chi connectivity index (χ1n) is 7.09. The van der Waals surface area contributed by atoms with Gasteiger partial charge in [0.05, 0.1) is 0 Å². The van der Waals surface area contributed by atoms with Gasteiger partial charge in [-0.3, -0.25) is 4.79 Å². The molecule has 0 unspecified atom stereocenters. The van der Waals surface area contributed by atoms with Crippen LogP contribution in [0.1, 0.15) is 44.9 Å². The van der Waals surface area contributed by atoms with E-state index in [0.29, 0.717) is 18.4 Å². The summed E-state index contributed by atoms with van der Waals surface area (Å²) in [5, 5.41) is 3.10. The Bertz CT molecular complexity index is 291. The molecule has 4 nitrogen and oxygen atoms in total. The van der Waals surface area contributed by atoms with Crippen molar-refractivity contribution in [1.82, 2.24) is 5.32 Å². The third-order valence-corrected chi connectivity index (χ3v) is 4.84. The smallest absolute Gasteiger partial charge is 0.220 e. The molecular weight excluding hydrogens is 228 g/mol. The van der Waals surface area contributed by atoms with Gasteiger partial charge in [0.1, 0.15) is 0 Å². The van der Waals surface area contributed by atoms with Gasteiger partial charge in [-0.2, -0.15) is 0 Å². The van der Waals surface area contributed by atoms with Crippen LogP contribution in [0.25, 0.3) is 0 Å². The molecule has 1 amide bonds. The third-order valence-electron chi connectivity index (χ3n) is 4.84. The topological polar surface area (TPSA) is 64.3 Å². The molecule has 0 spiro atoms. The van der Waals surface area contributed by atoms with Gasteiger partial charge in [0.25, 0.3) is 0 Å². The van der Waals surface area contributed by atoms with E-state index in [1.54, 1.807) is 7.11 Å². The number of methoxy groups -OCH3 is 1. The molecule has 2 rings (SSSR count). The van der Waals surface area contributed by atoms with Crippen molar-refractivity contribution < 1.29 is 9.53 Å². The van der Waals surface area contributed by atoms with Crippen LogP contribution in [0.5, 0.6) is 0 Å². The summed E-state index contributed by atoms with van der Waals surface area (Å²) in [7, 11) is 1.73. The number of nitrogens with one attached hydrogen (secondary N) is 1. The van der Waals surface area contributed by atoms with E-state index in [4.69, 9.17) is 10.5 Å². The molecular formula is C14H26N2O2. The normalized spacial score (nSPS) is 23.2. The Morgan fingerprint density at radius 1 is 1.28 bits per heavy atom. The van der Waals surface area contributed by atoms with E-state index in [0.717, 1.165) is 32.4 Å². The lowest BCUT2D eigenvalue weighted by Crippen LogP contribution is -2.42. The second-order valence-corrected chi connectivity index (χ2v) is 6.25. The van der Waals surface area contributed by atoms with Crippen LogP contribution < -0.4 is 11.1 Å². The van der Waals surface area contributed by atoms with Crippen LogP contribution in [0.3, 0.4) is 0 Å². The minimum atomic E-state index is 0.118. The quantitative estimate of drug-likeness (QED) is 0.689. The van der Waals surface area contributed by atoms with Gasteiger partial charge in [-0.05, 0) is 49.5 Å². The average molecular weight is 254 g/mol. The van der Waals surface area contributed by atoms with Crippen LogP contribution in [0.15, 0.2) is 0 Å². The third kappa shape index (κ3) is 3.23. The summed E-state index contributed by atoms with van der Waals surface area (Å²) in [6.45, 7) is 2.26. The van der Waals surface area contributed by atoms with Crippen molar-refractivity contribution in [2.24, 2.45) is 16.6 Å². The van der Waals surface area contributed by atoms with Gasteiger partial charge in [0.2, 0.25) is 5.91 Å². The number of nitrogens with two attached hydrogens (primary N) is 1. The van der Waals surface area contributed by atoms with Crippen LogP contribution >= 0.6 is 0 Å². The fourth-order valence-corrected chi connectivity index (χ4v) is 2.83. The zero-order valence-corrected chi connectivity index (χ0v) is 11.5. The molecule has 2 aliphatic rings. The Morgan fingerprint density at radius 3 is 2.44 bits per heavy atom. The van der Waals surface area contributed by atoms with Gasteiger partial charge >= 0.3 is 0 Å². The van der Waals surface area contributed by atoms with Crippen molar-refractivity contribution in [1.29, 1.82) is 0 Å². The van der Waals surface area contributed by atoms with E-state index < -0.39 is 0 Å². The highest BCUT2D eigenvalue weighted by Crippen LogP contribution is 2.48. The van der Waals surface area contributed by atoms with E-state index in [1.807, 2.05) is 0 Å². The molecule has 104 valence electrons. The molecule has 2 fully saturated rings. The maximum absolute atomic E-state index is 12.0. The van der Waals surface area contributed by atoms with Gasteiger partial charge in [-0.25, -0.2) is 0 Å². The summed E-state index contributed by atoms with van der Waals surface area (Å²) in [6, 6.07) is 0. The Balaban J connectivity index is 1.68. The van der Waals surface area contributed by atoms with E-state index in [-0.39, 0.29) is 11.3 Å². The van der Waals surface area contributed by atoms with E-state index in [9.17, 15) is 4.79 Å². The largest absolute Gasteiger partial charge is 0.385 e. The van der Waals surface area contributed by atoms with E-state index in [2.05, 4.69) is 5.32 Å². The highest BCUT2D eigenvalue weighted by Gasteiger charge is 2.43. The molecule has 0 radical (unpaired) electrons. The molecule has 0 saturated heterocycles. The van der Waals surface area contributed by atoms with Crippen molar-refractivity contribution in [2.75, 3.05) is 26.8 Å². The predicted molar refractivity (Wildman–Crippen MR) is 71.1 cm³/mol. The second-order valence-electron chi connectivity index (χ2n) is 6.25. The first-order valence-corrected chi connectivity index (χ1v) is 7.09. The predicted octanol–water partition coefficient (Wildman–Crippen LogP) is 1.44. The SMILES string of the molecule is COCCC1(CNC(=O)CC2(CN)CCC2)CC1. The lowest BCUT2D eigenvalue weighted by atomic mass is 9.66. The first-order chi connectivity index (χ1) is 8.64. The Hall–Kier alpha value is -0.610. The molecule has 2 saturated carbocycles. The molecule has 2 aliphatic carbocycles. The Kier molecular flexibility index (Phi) is 4.28. The number of amides is 1. The monoisotopic (exact) mass is 254 g/mol. The lowest BCUT2D eigenvalue weighted by Gasteiger charge is -2.40. The van der Waals surface area contributed by atoms with Crippen LogP contribution in [-0.2, 0) is 9.53 Å². The zero-order valence-electron chi connectivity index (χ0n) is 11.5. The average Bonchev–Trinajstić information content (AvgIpc) is 3.10. The summed E-state index contributed by atoms with van der Waals surface area (Å²) >= 11 is 0. The van der Waals surface area contributed by atoms with Gasteiger partial charge in [-0.15, -0.1) is 0 Å². The summed E-state index contributed by atoms with van der Waals surface area (Å²) < 4.78 is 5.12. The molecule has 18 heavy (non-hydrogen) atoms. The van der Waals surface area contributed by atoms with Gasteiger partial charge < -0.3 is 15.8 Å². The van der Waals surface area contributed by atoms with Crippen LogP contribution in [0, 0.1) is 10.8 Å². The molecule has 4 heteroatoms. The van der Waals surface area contributed by atoms with Crippen LogP contribution in [-0.4, -0.2) is 32.7 Å². The summed E-state index contributed by atoms with van der Waals surface area (Å²) in [6.07, 6.45) is 7.58. The van der Waals surface area contributed by atoms with Gasteiger partial charge in [0.15, 0.2) is 0 Å². The molecule has 0 bridgehead atoms. The van der Waals surface area contributed by atoms with Crippen molar-refractivity contribution in [3.63, 3.8) is 0 Å². The molecule has 0 aromatic heterocycles. The van der Waals surface area contributed by atoms with Crippen molar-refractivity contribution in [3.8, 4) is 0 Å². The van der Waals surface area contributed by atoms with E-state index >= 15 is 0 Å². The summed E-state index contributed by atoms with van der Waals surface area (Å²) in [4.78, 5) is 12.0. The molecule has 0 atom stereocenters. The van der Waals surface area contributed by atoms with Crippen LogP contribution in [0.4, 0.5) is 0 Å².